The van der Waals surface area contributed by atoms with Crippen molar-refractivity contribution in [2.75, 3.05) is 25.6 Å². The lowest BCUT2D eigenvalue weighted by Crippen LogP contribution is -2.10. The van der Waals surface area contributed by atoms with Crippen molar-refractivity contribution >= 4 is 27.6 Å². The van der Waals surface area contributed by atoms with Gasteiger partial charge in [-0.2, -0.15) is 10.2 Å². The van der Waals surface area contributed by atoms with Gasteiger partial charge in [0.15, 0.2) is 0 Å². The van der Waals surface area contributed by atoms with Crippen LogP contribution in [-0.2, 0) is 11.3 Å². The predicted octanol–water partition coefficient (Wildman–Crippen LogP) is 5.39. The topological polar surface area (TPSA) is 85.0 Å². The molecule has 0 unspecified atom stereocenters. The molecule has 0 atom stereocenters. The number of fused-ring (bicyclic) bond motifs is 2. The lowest BCUT2D eigenvalue weighted by Gasteiger charge is -2.15. The molecule has 2 aromatic heterocycles. The molecule has 0 amide bonds. The van der Waals surface area contributed by atoms with Gasteiger partial charge in [0.2, 0.25) is 5.95 Å². The zero-order valence-electron chi connectivity index (χ0n) is 19.7. The van der Waals surface area contributed by atoms with Gasteiger partial charge in [0.1, 0.15) is 23.7 Å². The Hall–Kier alpha value is -4.41. The van der Waals surface area contributed by atoms with E-state index in [0.717, 1.165) is 27.5 Å². The number of para-hydroxylation sites is 1. The maximum Gasteiger partial charge on any atom is 0.237 e. The first-order valence-corrected chi connectivity index (χ1v) is 11.4. The summed E-state index contributed by atoms with van der Waals surface area (Å²) < 4.78 is 13.1. The standard InChI is InChI=1S/C28H25N5O2/c1-19-16-23-21(17-29)10-6-12-24(23)33(19)28-31-26-22(11-7-13-25(26)35-15-14-34-2)27(32-28)30-18-20-8-4-3-5-9-20/h3-13,16H,14-15,18H2,1-2H3,(H,30,31,32). The van der Waals surface area contributed by atoms with Crippen molar-refractivity contribution in [3.63, 3.8) is 0 Å². The average Bonchev–Trinajstić information content (AvgIpc) is 3.24. The quantitative estimate of drug-likeness (QED) is 0.311. The number of ether oxygens (including phenoxy) is 2. The largest absolute Gasteiger partial charge is 0.489 e. The Bertz CT molecular complexity index is 1540. The van der Waals surface area contributed by atoms with Crippen molar-refractivity contribution in [3.8, 4) is 17.8 Å². The van der Waals surface area contributed by atoms with Crippen LogP contribution in [0.15, 0.2) is 72.8 Å². The third kappa shape index (κ3) is 4.39. The Kier molecular flexibility index (Phi) is 6.29. The Labute approximate surface area is 203 Å². The van der Waals surface area contributed by atoms with Crippen molar-refractivity contribution in [2.45, 2.75) is 13.5 Å². The molecular formula is C28H25N5O2. The summed E-state index contributed by atoms with van der Waals surface area (Å²) >= 11 is 0. The van der Waals surface area contributed by atoms with Crippen LogP contribution in [0.4, 0.5) is 5.82 Å². The van der Waals surface area contributed by atoms with E-state index in [9.17, 15) is 5.26 Å². The lowest BCUT2D eigenvalue weighted by molar-refractivity contribution is 0.147. The van der Waals surface area contributed by atoms with Crippen LogP contribution in [-0.4, -0.2) is 34.9 Å². The fraction of sp³-hybridized carbons (Fsp3) is 0.179. The van der Waals surface area contributed by atoms with Crippen molar-refractivity contribution in [1.29, 1.82) is 5.26 Å². The zero-order chi connectivity index (χ0) is 24.2. The molecule has 7 heteroatoms. The predicted molar refractivity (Wildman–Crippen MR) is 137 cm³/mol. The number of anilines is 1. The Balaban J connectivity index is 1.68. The molecule has 0 aliphatic heterocycles. The van der Waals surface area contributed by atoms with Crippen molar-refractivity contribution in [2.24, 2.45) is 0 Å². The smallest absolute Gasteiger partial charge is 0.237 e. The minimum Gasteiger partial charge on any atom is -0.489 e. The van der Waals surface area contributed by atoms with Crippen LogP contribution in [0, 0.1) is 18.3 Å². The Morgan fingerprint density at radius 3 is 2.57 bits per heavy atom. The molecule has 0 fully saturated rings. The van der Waals surface area contributed by atoms with Gasteiger partial charge in [-0.1, -0.05) is 42.5 Å². The van der Waals surface area contributed by atoms with Gasteiger partial charge in [0.05, 0.1) is 23.8 Å². The van der Waals surface area contributed by atoms with Gasteiger partial charge in [-0.3, -0.25) is 4.57 Å². The molecular weight excluding hydrogens is 438 g/mol. The van der Waals surface area contributed by atoms with Crippen molar-refractivity contribution in [3.05, 3.63) is 89.6 Å². The summed E-state index contributed by atoms with van der Waals surface area (Å²) in [5.41, 5.74) is 4.30. The first kappa shape index (κ1) is 22.4. The van der Waals surface area contributed by atoms with Crippen LogP contribution in [0.5, 0.6) is 5.75 Å². The molecule has 2 heterocycles. The van der Waals surface area contributed by atoms with Gasteiger partial charge < -0.3 is 14.8 Å². The van der Waals surface area contributed by atoms with Gasteiger partial charge in [-0.05, 0) is 42.8 Å². The van der Waals surface area contributed by atoms with Crippen LogP contribution in [0.3, 0.4) is 0 Å². The normalized spacial score (nSPS) is 11.0. The van der Waals surface area contributed by atoms with Gasteiger partial charge in [-0.15, -0.1) is 0 Å². The molecule has 5 rings (SSSR count). The first-order valence-electron chi connectivity index (χ1n) is 11.4. The summed E-state index contributed by atoms with van der Waals surface area (Å²) in [4.78, 5) is 9.88. The number of nitrogens with zero attached hydrogens (tertiary/aromatic N) is 4. The van der Waals surface area contributed by atoms with E-state index in [1.165, 1.54) is 0 Å². The highest BCUT2D eigenvalue weighted by atomic mass is 16.5. The lowest BCUT2D eigenvalue weighted by atomic mass is 10.1. The van der Waals surface area contributed by atoms with Gasteiger partial charge in [0, 0.05) is 30.1 Å². The van der Waals surface area contributed by atoms with Crippen molar-refractivity contribution in [1.82, 2.24) is 14.5 Å². The minimum atomic E-state index is 0.415. The number of methoxy groups -OCH3 is 1. The first-order chi connectivity index (χ1) is 17.2. The summed E-state index contributed by atoms with van der Waals surface area (Å²) in [6.45, 7) is 3.50. The van der Waals surface area contributed by atoms with Crippen LogP contribution in [0.25, 0.3) is 27.8 Å². The molecule has 0 saturated carbocycles. The van der Waals surface area contributed by atoms with E-state index in [-0.39, 0.29) is 0 Å². The van der Waals surface area contributed by atoms with Crippen molar-refractivity contribution < 1.29 is 9.47 Å². The minimum absolute atomic E-state index is 0.415. The Morgan fingerprint density at radius 1 is 0.943 bits per heavy atom. The highest BCUT2D eigenvalue weighted by molar-refractivity contribution is 5.94. The van der Waals surface area contributed by atoms with E-state index in [2.05, 4.69) is 23.5 Å². The third-order valence-electron chi connectivity index (χ3n) is 5.88. The molecule has 7 nitrogen and oxygen atoms in total. The molecule has 0 saturated heterocycles. The number of benzene rings is 3. The van der Waals surface area contributed by atoms with Gasteiger partial charge >= 0.3 is 0 Å². The summed E-state index contributed by atoms with van der Waals surface area (Å²) in [5.74, 6) is 1.89. The van der Waals surface area contributed by atoms with Crippen LogP contribution < -0.4 is 10.1 Å². The SMILES string of the molecule is COCCOc1cccc2c(NCc3ccccc3)nc(-n3c(C)cc4c(C#N)cccc43)nc12. The number of hydrogen-bond donors (Lipinski definition) is 1. The van der Waals surface area contributed by atoms with Crippen LogP contribution in [0.2, 0.25) is 0 Å². The monoisotopic (exact) mass is 463 g/mol. The summed E-state index contributed by atoms with van der Waals surface area (Å²) in [6, 6.07) is 26.0. The molecule has 1 N–H and O–H groups in total. The fourth-order valence-electron chi connectivity index (χ4n) is 4.21. The fourth-order valence-corrected chi connectivity index (χ4v) is 4.21. The van der Waals surface area contributed by atoms with Crippen LogP contribution in [0.1, 0.15) is 16.8 Å². The summed E-state index contributed by atoms with van der Waals surface area (Å²) in [5, 5.41) is 14.8. The zero-order valence-corrected chi connectivity index (χ0v) is 19.7. The van der Waals surface area contributed by atoms with E-state index < -0.39 is 0 Å². The highest BCUT2D eigenvalue weighted by Crippen LogP contribution is 2.32. The van der Waals surface area contributed by atoms with Gasteiger partial charge in [0.25, 0.3) is 0 Å². The summed E-state index contributed by atoms with van der Waals surface area (Å²) in [6.07, 6.45) is 0. The maximum absolute atomic E-state index is 9.58. The second-order valence-electron chi connectivity index (χ2n) is 8.18. The number of nitriles is 1. The summed E-state index contributed by atoms with van der Waals surface area (Å²) in [7, 11) is 1.65. The number of hydrogen-bond acceptors (Lipinski definition) is 6. The highest BCUT2D eigenvalue weighted by Gasteiger charge is 2.17. The van der Waals surface area contributed by atoms with E-state index >= 15 is 0 Å². The number of aromatic nitrogens is 3. The van der Waals surface area contributed by atoms with E-state index in [0.29, 0.717) is 48.4 Å². The van der Waals surface area contributed by atoms with E-state index in [4.69, 9.17) is 19.4 Å². The molecule has 0 aliphatic rings. The number of nitrogens with one attached hydrogen (secondary N) is 1. The Morgan fingerprint density at radius 2 is 1.77 bits per heavy atom. The maximum atomic E-state index is 9.58. The van der Waals surface area contributed by atoms with Crippen LogP contribution >= 0.6 is 0 Å². The molecule has 0 bridgehead atoms. The van der Waals surface area contributed by atoms with E-state index in [1.54, 1.807) is 7.11 Å². The molecule has 0 spiro atoms. The molecule has 35 heavy (non-hydrogen) atoms. The number of rotatable bonds is 8. The molecule has 0 radical (unpaired) electrons. The average molecular weight is 464 g/mol. The second kappa shape index (κ2) is 9.84. The van der Waals surface area contributed by atoms with Gasteiger partial charge in [-0.25, -0.2) is 4.98 Å². The number of aryl methyl sites for hydroxylation is 1. The molecule has 0 aliphatic carbocycles. The third-order valence-corrected chi connectivity index (χ3v) is 5.88. The molecule has 174 valence electrons. The molecule has 3 aromatic carbocycles. The molecule has 5 aromatic rings. The second-order valence-corrected chi connectivity index (χ2v) is 8.18. The van der Waals surface area contributed by atoms with E-state index in [1.807, 2.05) is 72.2 Å².